The molecule has 0 aliphatic heterocycles. The maximum atomic E-state index is 5.28. The molecule has 0 aliphatic carbocycles. The summed E-state index contributed by atoms with van der Waals surface area (Å²) < 4.78 is 10.5. The third-order valence-corrected chi connectivity index (χ3v) is 4.36. The van der Waals surface area contributed by atoms with Crippen molar-refractivity contribution >= 4 is 0 Å². The first kappa shape index (κ1) is 18.9. The Kier molecular flexibility index (Phi) is 6.04. The molecule has 3 aromatic rings. The zero-order valence-corrected chi connectivity index (χ0v) is 16.3. The third kappa shape index (κ3) is 4.63. The van der Waals surface area contributed by atoms with E-state index < -0.39 is 0 Å². The van der Waals surface area contributed by atoms with E-state index in [0.717, 1.165) is 52.7 Å². The van der Waals surface area contributed by atoms with Gasteiger partial charge in [0, 0.05) is 30.3 Å². The highest BCUT2D eigenvalue weighted by Gasteiger charge is 2.13. The smallest absolute Gasteiger partial charge is 0.118 e. The Hall–Kier alpha value is -2.92. The Morgan fingerprint density at radius 3 is 1.78 bits per heavy atom. The van der Waals surface area contributed by atoms with Crippen LogP contribution in [0.15, 0.2) is 54.7 Å². The molecule has 5 heteroatoms. The van der Waals surface area contributed by atoms with Crippen molar-refractivity contribution in [1.82, 2.24) is 14.9 Å². The summed E-state index contributed by atoms with van der Waals surface area (Å²) in [6.07, 6.45) is 2.72. The molecule has 3 rings (SSSR count). The van der Waals surface area contributed by atoms with Gasteiger partial charge in [0.05, 0.1) is 31.3 Å². The Bertz CT molecular complexity index is 875. The maximum absolute atomic E-state index is 5.28. The summed E-state index contributed by atoms with van der Waals surface area (Å²) in [5.74, 6) is 1.64. The predicted molar refractivity (Wildman–Crippen MR) is 108 cm³/mol. The zero-order valence-electron chi connectivity index (χ0n) is 16.3. The largest absolute Gasteiger partial charge is 0.497 e. The molecule has 1 heterocycles. The molecule has 0 fully saturated rings. The van der Waals surface area contributed by atoms with E-state index in [-0.39, 0.29) is 0 Å². The van der Waals surface area contributed by atoms with Crippen LogP contribution in [0.4, 0.5) is 0 Å². The van der Waals surface area contributed by atoms with E-state index in [4.69, 9.17) is 19.4 Å². The lowest BCUT2D eigenvalue weighted by Gasteiger charge is -2.13. The molecule has 0 N–H and O–H groups in total. The number of methoxy groups -OCH3 is 2. The van der Waals surface area contributed by atoms with Crippen molar-refractivity contribution in [1.29, 1.82) is 0 Å². The normalized spacial score (nSPS) is 10.9. The lowest BCUT2D eigenvalue weighted by molar-refractivity contribution is 0.411. The number of ether oxygens (including phenoxy) is 2. The van der Waals surface area contributed by atoms with Crippen molar-refractivity contribution in [3.8, 4) is 34.0 Å². The number of rotatable bonds is 7. The van der Waals surface area contributed by atoms with Gasteiger partial charge in [-0.25, -0.2) is 4.98 Å². The SMILES string of the molecule is COc1ccc(-c2ncc(CCN(C)C)nc2-c2ccc(OC)cc2)cc1. The second kappa shape index (κ2) is 8.64. The molecule has 0 bridgehead atoms. The number of nitrogens with zero attached hydrogens (tertiary/aromatic N) is 3. The molecule has 0 saturated carbocycles. The van der Waals surface area contributed by atoms with Crippen LogP contribution in [0.3, 0.4) is 0 Å². The van der Waals surface area contributed by atoms with E-state index >= 15 is 0 Å². The van der Waals surface area contributed by atoms with E-state index in [2.05, 4.69) is 19.0 Å². The predicted octanol–water partition coefficient (Wildman–Crippen LogP) is 3.93. The summed E-state index contributed by atoms with van der Waals surface area (Å²) in [5.41, 5.74) is 4.73. The minimum atomic E-state index is 0.820. The number of aromatic nitrogens is 2. The molecular formula is C22H25N3O2. The van der Waals surface area contributed by atoms with Crippen LogP contribution in [0.25, 0.3) is 22.5 Å². The van der Waals surface area contributed by atoms with Crippen molar-refractivity contribution in [2.75, 3.05) is 34.9 Å². The average molecular weight is 363 g/mol. The van der Waals surface area contributed by atoms with Gasteiger partial charge >= 0.3 is 0 Å². The molecule has 140 valence electrons. The van der Waals surface area contributed by atoms with Crippen molar-refractivity contribution in [2.45, 2.75) is 6.42 Å². The summed E-state index contributed by atoms with van der Waals surface area (Å²) in [5, 5.41) is 0. The van der Waals surface area contributed by atoms with Gasteiger partial charge in [-0.2, -0.15) is 0 Å². The monoisotopic (exact) mass is 363 g/mol. The highest BCUT2D eigenvalue weighted by molar-refractivity contribution is 5.78. The van der Waals surface area contributed by atoms with E-state index in [1.807, 2.05) is 54.7 Å². The van der Waals surface area contributed by atoms with Crippen molar-refractivity contribution < 1.29 is 9.47 Å². The molecule has 0 spiro atoms. The number of likely N-dealkylation sites (N-methyl/N-ethyl adjacent to an activating group) is 1. The maximum Gasteiger partial charge on any atom is 0.118 e. The quantitative estimate of drug-likeness (QED) is 0.636. The molecule has 1 aromatic heterocycles. The molecule has 0 atom stereocenters. The molecule has 5 nitrogen and oxygen atoms in total. The summed E-state index contributed by atoms with van der Waals surface area (Å²) >= 11 is 0. The molecule has 0 saturated heterocycles. The van der Waals surface area contributed by atoms with Gasteiger partial charge in [0.2, 0.25) is 0 Å². The molecular weight excluding hydrogens is 338 g/mol. The lowest BCUT2D eigenvalue weighted by atomic mass is 10.0. The fourth-order valence-electron chi connectivity index (χ4n) is 2.79. The van der Waals surface area contributed by atoms with E-state index in [1.165, 1.54) is 0 Å². The van der Waals surface area contributed by atoms with Gasteiger partial charge in [-0.05, 0) is 62.6 Å². The first-order valence-electron chi connectivity index (χ1n) is 8.90. The summed E-state index contributed by atoms with van der Waals surface area (Å²) in [7, 11) is 7.45. The van der Waals surface area contributed by atoms with Crippen LogP contribution < -0.4 is 9.47 Å². The van der Waals surface area contributed by atoms with E-state index in [1.54, 1.807) is 14.2 Å². The minimum absolute atomic E-state index is 0.820. The molecule has 0 amide bonds. The van der Waals surface area contributed by atoms with Gasteiger partial charge in [0.1, 0.15) is 11.5 Å². The number of hydrogen-bond acceptors (Lipinski definition) is 5. The average Bonchev–Trinajstić information content (AvgIpc) is 2.72. The zero-order chi connectivity index (χ0) is 19.2. The highest BCUT2D eigenvalue weighted by atomic mass is 16.5. The van der Waals surface area contributed by atoms with Gasteiger partial charge in [-0.1, -0.05) is 0 Å². The topological polar surface area (TPSA) is 47.5 Å². The molecule has 2 aromatic carbocycles. The molecule has 0 radical (unpaired) electrons. The minimum Gasteiger partial charge on any atom is -0.497 e. The van der Waals surface area contributed by atoms with Crippen LogP contribution >= 0.6 is 0 Å². The van der Waals surface area contributed by atoms with Gasteiger partial charge in [-0.15, -0.1) is 0 Å². The van der Waals surface area contributed by atoms with E-state index in [0.29, 0.717) is 0 Å². The van der Waals surface area contributed by atoms with Gasteiger partial charge < -0.3 is 14.4 Å². The summed E-state index contributed by atoms with van der Waals surface area (Å²) in [4.78, 5) is 11.8. The Morgan fingerprint density at radius 2 is 1.30 bits per heavy atom. The molecule has 0 unspecified atom stereocenters. The summed E-state index contributed by atoms with van der Waals surface area (Å²) in [6, 6.07) is 15.8. The van der Waals surface area contributed by atoms with Crippen molar-refractivity contribution in [3.63, 3.8) is 0 Å². The first-order valence-corrected chi connectivity index (χ1v) is 8.90. The van der Waals surface area contributed by atoms with E-state index in [9.17, 15) is 0 Å². The number of benzene rings is 2. The van der Waals surface area contributed by atoms with Crippen LogP contribution in [0, 0.1) is 0 Å². The molecule has 27 heavy (non-hydrogen) atoms. The molecule has 0 aliphatic rings. The fourth-order valence-corrected chi connectivity index (χ4v) is 2.79. The lowest BCUT2D eigenvalue weighted by Crippen LogP contribution is -2.16. The Morgan fingerprint density at radius 1 is 0.778 bits per heavy atom. The van der Waals surface area contributed by atoms with Gasteiger partial charge in [-0.3, -0.25) is 4.98 Å². The second-order valence-corrected chi connectivity index (χ2v) is 6.57. The summed E-state index contributed by atoms with van der Waals surface area (Å²) in [6.45, 7) is 0.929. The fraction of sp³-hybridized carbons (Fsp3) is 0.273. The van der Waals surface area contributed by atoms with Crippen LogP contribution in [-0.2, 0) is 6.42 Å². The first-order chi connectivity index (χ1) is 13.1. The third-order valence-electron chi connectivity index (χ3n) is 4.36. The van der Waals surface area contributed by atoms with Crippen LogP contribution in [-0.4, -0.2) is 49.7 Å². The number of hydrogen-bond donors (Lipinski definition) is 0. The second-order valence-electron chi connectivity index (χ2n) is 6.57. The van der Waals surface area contributed by atoms with Crippen LogP contribution in [0.1, 0.15) is 5.69 Å². The standard InChI is InChI=1S/C22H25N3O2/c1-25(2)14-13-18-15-23-21(16-5-9-19(26-3)10-6-16)22(24-18)17-7-11-20(27-4)12-8-17/h5-12,15H,13-14H2,1-4H3. The Balaban J connectivity index is 2.04. The van der Waals surface area contributed by atoms with Crippen LogP contribution in [0.2, 0.25) is 0 Å². The Labute approximate surface area is 160 Å². The highest BCUT2D eigenvalue weighted by Crippen LogP contribution is 2.31. The van der Waals surface area contributed by atoms with Crippen molar-refractivity contribution in [2.24, 2.45) is 0 Å². The van der Waals surface area contributed by atoms with Gasteiger partial charge in [0.25, 0.3) is 0 Å². The van der Waals surface area contributed by atoms with Crippen LogP contribution in [0.5, 0.6) is 11.5 Å². The van der Waals surface area contributed by atoms with Crippen molar-refractivity contribution in [3.05, 3.63) is 60.4 Å². The van der Waals surface area contributed by atoms with Gasteiger partial charge in [0.15, 0.2) is 0 Å².